The number of esters is 1. The monoisotopic (exact) mass is 386 g/mol. The average Bonchev–Trinajstić information content (AvgIpc) is 3.18. The molecule has 2 aromatic carbocycles. The Labute approximate surface area is 161 Å². The summed E-state index contributed by atoms with van der Waals surface area (Å²) < 4.78 is 34.3. The smallest absolute Gasteiger partial charge is 0.311 e. The first-order valence-corrected chi connectivity index (χ1v) is 8.50. The highest BCUT2D eigenvalue weighted by atomic mass is 19.1. The molecule has 1 atom stereocenters. The van der Waals surface area contributed by atoms with Gasteiger partial charge < -0.3 is 18.6 Å². The van der Waals surface area contributed by atoms with E-state index in [1.54, 1.807) is 25.1 Å². The number of nitrogens with zero attached hydrogens (tertiary/aromatic N) is 2. The normalized spacial score (nSPS) is 11.7. The minimum atomic E-state index is -0.727. The molecule has 3 rings (SSSR count). The van der Waals surface area contributed by atoms with E-state index in [0.717, 1.165) is 0 Å². The molecule has 1 heterocycles. The Bertz CT molecular complexity index is 955. The zero-order valence-electron chi connectivity index (χ0n) is 15.6. The molecule has 0 saturated heterocycles. The zero-order chi connectivity index (χ0) is 20.1. The quantitative estimate of drug-likeness (QED) is 0.572. The SMILES string of the molecule is COc1ccc(CC(=O)O[C@@H](C)c2nnc(-c3ccc(F)cc3)o2)cc1OC. The Morgan fingerprint density at radius 1 is 1.07 bits per heavy atom. The van der Waals surface area contributed by atoms with E-state index in [-0.39, 0.29) is 24.0 Å². The third kappa shape index (κ3) is 4.46. The molecule has 0 bridgehead atoms. The highest BCUT2D eigenvalue weighted by molar-refractivity contribution is 5.73. The molecule has 0 radical (unpaired) electrons. The minimum absolute atomic E-state index is 0.0453. The second-order valence-electron chi connectivity index (χ2n) is 5.95. The first-order chi connectivity index (χ1) is 13.5. The van der Waals surface area contributed by atoms with E-state index in [1.165, 1.54) is 38.5 Å². The predicted molar refractivity (Wildman–Crippen MR) is 97.4 cm³/mol. The standard InChI is InChI=1S/C20H19FN2O5/c1-12(19-22-23-20(28-19)14-5-7-15(21)8-6-14)27-18(24)11-13-4-9-16(25-2)17(10-13)26-3/h4-10,12H,11H2,1-3H3/t12-/m0/s1. The number of ether oxygens (including phenoxy) is 3. The summed E-state index contributed by atoms with van der Waals surface area (Å²) >= 11 is 0. The van der Waals surface area contributed by atoms with Gasteiger partial charge in [0.25, 0.3) is 5.89 Å². The van der Waals surface area contributed by atoms with Crippen LogP contribution in [0.5, 0.6) is 11.5 Å². The van der Waals surface area contributed by atoms with Gasteiger partial charge in [0.1, 0.15) is 5.82 Å². The van der Waals surface area contributed by atoms with Crippen molar-refractivity contribution in [3.05, 3.63) is 59.7 Å². The fourth-order valence-electron chi connectivity index (χ4n) is 2.55. The average molecular weight is 386 g/mol. The molecular formula is C20H19FN2O5. The third-order valence-electron chi connectivity index (χ3n) is 3.98. The number of hydrogen-bond acceptors (Lipinski definition) is 7. The topological polar surface area (TPSA) is 83.7 Å². The summed E-state index contributed by atoms with van der Waals surface area (Å²) in [6.45, 7) is 1.63. The van der Waals surface area contributed by atoms with Gasteiger partial charge in [0.05, 0.1) is 20.6 Å². The van der Waals surface area contributed by atoms with Crippen LogP contribution < -0.4 is 9.47 Å². The van der Waals surface area contributed by atoms with Gasteiger partial charge in [-0.2, -0.15) is 0 Å². The maximum Gasteiger partial charge on any atom is 0.311 e. The second kappa shape index (κ2) is 8.51. The summed E-state index contributed by atoms with van der Waals surface area (Å²) in [7, 11) is 3.06. The Morgan fingerprint density at radius 3 is 2.46 bits per heavy atom. The molecule has 146 valence electrons. The summed E-state index contributed by atoms with van der Waals surface area (Å²) in [6, 6.07) is 10.8. The van der Waals surface area contributed by atoms with Crippen molar-refractivity contribution < 1.29 is 27.8 Å². The molecule has 28 heavy (non-hydrogen) atoms. The zero-order valence-corrected chi connectivity index (χ0v) is 15.6. The molecule has 0 N–H and O–H groups in total. The lowest BCUT2D eigenvalue weighted by molar-refractivity contribution is -0.148. The number of carbonyl (C=O) groups is 1. The van der Waals surface area contributed by atoms with Crippen molar-refractivity contribution in [1.82, 2.24) is 10.2 Å². The Hall–Kier alpha value is -3.42. The lowest BCUT2D eigenvalue weighted by Crippen LogP contribution is -2.12. The fraction of sp³-hybridized carbons (Fsp3) is 0.250. The van der Waals surface area contributed by atoms with Crippen LogP contribution in [0.4, 0.5) is 4.39 Å². The maximum absolute atomic E-state index is 13.0. The van der Waals surface area contributed by atoms with Crippen LogP contribution in [-0.2, 0) is 16.0 Å². The summed E-state index contributed by atoms with van der Waals surface area (Å²) in [5, 5.41) is 7.81. The van der Waals surface area contributed by atoms with Crippen molar-refractivity contribution in [2.75, 3.05) is 14.2 Å². The van der Waals surface area contributed by atoms with Crippen LogP contribution in [0.2, 0.25) is 0 Å². The molecular weight excluding hydrogens is 367 g/mol. The van der Waals surface area contributed by atoms with E-state index in [4.69, 9.17) is 18.6 Å². The van der Waals surface area contributed by atoms with Gasteiger partial charge in [-0.15, -0.1) is 10.2 Å². The number of carbonyl (C=O) groups excluding carboxylic acids is 1. The van der Waals surface area contributed by atoms with Gasteiger partial charge in [-0.05, 0) is 48.9 Å². The summed E-state index contributed by atoms with van der Waals surface area (Å²) in [5.41, 5.74) is 1.29. The largest absolute Gasteiger partial charge is 0.493 e. The minimum Gasteiger partial charge on any atom is -0.493 e. The molecule has 8 heteroatoms. The molecule has 0 saturated carbocycles. The van der Waals surface area contributed by atoms with E-state index in [2.05, 4.69) is 10.2 Å². The van der Waals surface area contributed by atoms with Gasteiger partial charge in [-0.3, -0.25) is 4.79 Å². The molecule has 0 aliphatic heterocycles. The molecule has 0 unspecified atom stereocenters. The molecule has 1 aromatic heterocycles. The highest BCUT2D eigenvalue weighted by Gasteiger charge is 2.19. The van der Waals surface area contributed by atoms with Crippen molar-refractivity contribution in [1.29, 1.82) is 0 Å². The van der Waals surface area contributed by atoms with Crippen molar-refractivity contribution >= 4 is 5.97 Å². The molecule has 7 nitrogen and oxygen atoms in total. The van der Waals surface area contributed by atoms with Gasteiger partial charge in [0.15, 0.2) is 17.6 Å². The number of benzene rings is 2. The van der Waals surface area contributed by atoms with E-state index in [9.17, 15) is 9.18 Å². The summed E-state index contributed by atoms with van der Waals surface area (Å²) in [6.07, 6.45) is -0.682. The molecule has 0 amide bonds. The van der Waals surface area contributed by atoms with Gasteiger partial charge in [-0.25, -0.2) is 4.39 Å². The van der Waals surface area contributed by atoms with E-state index >= 15 is 0 Å². The third-order valence-corrected chi connectivity index (χ3v) is 3.98. The molecule has 0 spiro atoms. The van der Waals surface area contributed by atoms with Crippen LogP contribution in [0, 0.1) is 5.82 Å². The number of aromatic nitrogens is 2. The van der Waals surface area contributed by atoms with Gasteiger partial charge in [0, 0.05) is 5.56 Å². The van der Waals surface area contributed by atoms with Crippen LogP contribution in [0.15, 0.2) is 46.9 Å². The number of halogens is 1. The van der Waals surface area contributed by atoms with Gasteiger partial charge in [-0.1, -0.05) is 6.07 Å². The summed E-state index contributed by atoms with van der Waals surface area (Å²) in [4.78, 5) is 12.2. The van der Waals surface area contributed by atoms with E-state index < -0.39 is 12.1 Å². The number of methoxy groups -OCH3 is 2. The molecule has 3 aromatic rings. The van der Waals surface area contributed by atoms with Gasteiger partial charge >= 0.3 is 5.97 Å². The van der Waals surface area contributed by atoms with Crippen molar-refractivity contribution in [3.63, 3.8) is 0 Å². The Morgan fingerprint density at radius 2 is 1.79 bits per heavy atom. The molecule has 0 aliphatic rings. The van der Waals surface area contributed by atoms with E-state index in [1.807, 2.05) is 0 Å². The number of rotatable bonds is 7. The predicted octanol–water partition coefficient (Wildman–Crippen LogP) is 3.74. The lowest BCUT2D eigenvalue weighted by atomic mass is 10.1. The van der Waals surface area contributed by atoms with Crippen molar-refractivity contribution in [3.8, 4) is 23.0 Å². The van der Waals surface area contributed by atoms with Crippen molar-refractivity contribution in [2.45, 2.75) is 19.4 Å². The fourth-order valence-corrected chi connectivity index (χ4v) is 2.55. The Kier molecular flexibility index (Phi) is 5.88. The highest BCUT2D eigenvalue weighted by Crippen LogP contribution is 2.28. The summed E-state index contributed by atoms with van der Waals surface area (Å²) in [5.74, 6) is 0.661. The van der Waals surface area contributed by atoms with Crippen molar-refractivity contribution in [2.24, 2.45) is 0 Å². The van der Waals surface area contributed by atoms with Crippen LogP contribution in [0.25, 0.3) is 11.5 Å². The van der Waals surface area contributed by atoms with Crippen LogP contribution in [-0.4, -0.2) is 30.4 Å². The Balaban J connectivity index is 1.64. The van der Waals surface area contributed by atoms with Crippen LogP contribution >= 0.6 is 0 Å². The van der Waals surface area contributed by atoms with E-state index in [0.29, 0.717) is 22.6 Å². The first-order valence-electron chi connectivity index (χ1n) is 8.50. The molecule has 0 aliphatic carbocycles. The first kappa shape index (κ1) is 19.3. The van der Waals surface area contributed by atoms with Gasteiger partial charge in [0.2, 0.25) is 5.89 Å². The van der Waals surface area contributed by atoms with Crippen LogP contribution in [0.1, 0.15) is 24.5 Å². The number of hydrogen-bond donors (Lipinski definition) is 0. The molecule has 0 fully saturated rings. The van der Waals surface area contributed by atoms with Crippen LogP contribution in [0.3, 0.4) is 0 Å². The maximum atomic E-state index is 13.0. The lowest BCUT2D eigenvalue weighted by Gasteiger charge is -2.11. The second-order valence-corrected chi connectivity index (χ2v) is 5.95.